The average Bonchev–Trinajstić information content (AvgIpc) is 2.26. The second-order valence-corrected chi connectivity index (χ2v) is 7.35. The minimum Gasteiger partial charge on any atom is -0.456 e. The van der Waals surface area contributed by atoms with E-state index in [4.69, 9.17) is 4.74 Å². The van der Waals surface area contributed by atoms with E-state index in [0.717, 1.165) is 12.8 Å². The van der Waals surface area contributed by atoms with Gasteiger partial charge in [0.25, 0.3) is 0 Å². The van der Waals surface area contributed by atoms with E-state index in [1.54, 1.807) is 20.8 Å². The van der Waals surface area contributed by atoms with E-state index in [1.165, 1.54) is 6.42 Å². The molecule has 19 heavy (non-hydrogen) atoms. The monoisotopic (exact) mass is 268 g/mol. The molecule has 0 N–H and O–H groups in total. The molecule has 0 aromatic heterocycles. The predicted molar refractivity (Wildman–Crippen MR) is 75.7 cm³/mol. The topological polar surface area (TPSA) is 43.4 Å². The summed E-state index contributed by atoms with van der Waals surface area (Å²) in [6.07, 6.45) is 3.05. The molecule has 0 aromatic rings. The minimum absolute atomic E-state index is 0.0949. The lowest BCUT2D eigenvalue weighted by Crippen LogP contribution is -2.39. The fourth-order valence-corrected chi connectivity index (χ4v) is 2.75. The molecule has 3 atom stereocenters. The van der Waals surface area contributed by atoms with Gasteiger partial charge in [-0.3, -0.25) is 4.79 Å². The molecule has 1 rings (SSSR count). The van der Waals surface area contributed by atoms with Crippen LogP contribution in [-0.2, 0) is 14.3 Å². The molecule has 1 fully saturated rings. The quantitative estimate of drug-likeness (QED) is 0.580. The van der Waals surface area contributed by atoms with Gasteiger partial charge in [-0.15, -0.1) is 0 Å². The number of hydrogen-bond acceptors (Lipinski definition) is 3. The second-order valence-electron chi connectivity index (χ2n) is 7.35. The molecule has 0 aromatic carbocycles. The summed E-state index contributed by atoms with van der Waals surface area (Å²) in [6.45, 7) is 11.8. The van der Waals surface area contributed by atoms with Gasteiger partial charge in [0.15, 0.2) is 0 Å². The van der Waals surface area contributed by atoms with Gasteiger partial charge in [-0.2, -0.15) is 0 Å². The van der Waals surface area contributed by atoms with Crippen molar-refractivity contribution in [3.8, 4) is 0 Å². The van der Waals surface area contributed by atoms with Gasteiger partial charge in [0, 0.05) is 5.41 Å². The lowest BCUT2D eigenvalue weighted by Gasteiger charge is -2.36. The van der Waals surface area contributed by atoms with Crippen LogP contribution in [0.15, 0.2) is 0 Å². The number of carbonyl (C=O) groups is 2. The summed E-state index contributed by atoms with van der Waals surface area (Å²) >= 11 is 0. The number of rotatable bonds is 3. The summed E-state index contributed by atoms with van der Waals surface area (Å²) in [5.41, 5.74) is -0.662. The fourth-order valence-electron chi connectivity index (χ4n) is 2.75. The Hall–Kier alpha value is -0.860. The van der Waals surface area contributed by atoms with Gasteiger partial charge in [0.1, 0.15) is 6.10 Å². The number of Topliss-reactive ketones (excluding diaryl/α,β-unsaturated/α-hetero) is 1. The molecule has 3 heteroatoms. The highest BCUT2D eigenvalue weighted by Crippen LogP contribution is 2.35. The van der Waals surface area contributed by atoms with Crippen LogP contribution in [0.3, 0.4) is 0 Å². The molecule has 0 bridgehead atoms. The lowest BCUT2D eigenvalue weighted by molar-refractivity contribution is -0.166. The molecule has 0 amide bonds. The van der Waals surface area contributed by atoms with Crippen LogP contribution in [0, 0.1) is 23.2 Å². The highest BCUT2D eigenvalue weighted by molar-refractivity contribution is 6.35. The van der Waals surface area contributed by atoms with Crippen molar-refractivity contribution in [3.63, 3.8) is 0 Å². The maximum Gasteiger partial charge on any atom is 0.375 e. The Morgan fingerprint density at radius 2 is 1.74 bits per heavy atom. The van der Waals surface area contributed by atoms with E-state index in [1.807, 2.05) is 0 Å². The van der Waals surface area contributed by atoms with Crippen LogP contribution in [0.1, 0.15) is 60.8 Å². The molecule has 1 saturated carbocycles. The summed E-state index contributed by atoms with van der Waals surface area (Å²) in [5, 5.41) is 0. The molecule has 1 aliphatic rings. The molecule has 110 valence electrons. The molecule has 0 aliphatic heterocycles. The first-order valence-electron chi connectivity index (χ1n) is 7.38. The molecule has 3 nitrogen and oxygen atoms in total. The average molecular weight is 268 g/mol. The Bertz CT molecular complexity index is 338. The molecule has 0 spiro atoms. The Kier molecular flexibility index (Phi) is 5.17. The van der Waals surface area contributed by atoms with Crippen LogP contribution < -0.4 is 0 Å². The molecule has 1 aliphatic carbocycles. The Balaban J connectivity index is 2.71. The largest absolute Gasteiger partial charge is 0.456 e. The third-order valence-electron chi connectivity index (χ3n) is 4.09. The predicted octanol–water partition coefficient (Wildman–Crippen LogP) is 3.61. The van der Waals surface area contributed by atoms with Crippen LogP contribution in [-0.4, -0.2) is 17.9 Å². The van der Waals surface area contributed by atoms with E-state index < -0.39 is 17.2 Å². The van der Waals surface area contributed by atoms with Gasteiger partial charge in [-0.25, -0.2) is 4.79 Å². The molecule has 0 radical (unpaired) electrons. The van der Waals surface area contributed by atoms with Crippen LogP contribution in [0.5, 0.6) is 0 Å². The van der Waals surface area contributed by atoms with Crippen molar-refractivity contribution in [3.05, 3.63) is 0 Å². The van der Waals surface area contributed by atoms with Crippen molar-refractivity contribution in [2.75, 3.05) is 0 Å². The van der Waals surface area contributed by atoms with Gasteiger partial charge < -0.3 is 4.74 Å². The van der Waals surface area contributed by atoms with Crippen LogP contribution in [0.25, 0.3) is 0 Å². The first-order valence-corrected chi connectivity index (χ1v) is 7.38. The zero-order chi connectivity index (χ0) is 14.8. The lowest BCUT2D eigenvalue weighted by atomic mass is 9.75. The van der Waals surface area contributed by atoms with Crippen LogP contribution in [0.4, 0.5) is 0 Å². The molecular formula is C16H28O3. The van der Waals surface area contributed by atoms with Crippen molar-refractivity contribution < 1.29 is 14.3 Å². The smallest absolute Gasteiger partial charge is 0.375 e. The highest BCUT2D eigenvalue weighted by Gasteiger charge is 2.37. The van der Waals surface area contributed by atoms with Gasteiger partial charge in [-0.1, -0.05) is 48.0 Å². The Labute approximate surface area is 117 Å². The maximum absolute atomic E-state index is 12.0. The standard InChI is InChI=1S/C16H28O3/c1-10(2)12-8-7-11(3)9-13(12)19-15(18)14(17)16(4,5)6/h10-13H,7-9H2,1-6H3/t11-,12+,13-/m0/s1. The van der Waals surface area contributed by atoms with E-state index in [2.05, 4.69) is 20.8 Å². The fraction of sp³-hybridized carbons (Fsp3) is 0.875. The zero-order valence-electron chi connectivity index (χ0n) is 13.2. The summed E-state index contributed by atoms with van der Waals surface area (Å²) in [5.74, 6) is 0.353. The number of ketones is 1. The third kappa shape index (κ3) is 4.32. The van der Waals surface area contributed by atoms with E-state index >= 15 is 0 Å². The third-order valence-corrected chi connectivity index (χ3v) is 4.09. The Morgan fingerprint density at radius 1 is 1.16 bits per heavy atom. The van der Waals surface area contributed by atoms with Crippen molar-refractivity contribution >= 4 is 11.8 Å². The summed E-state index contributed by atoms with van der Waals surface area (Å²) in [7, 11) is 0. The van der Waals surface area contributed by atoms with Gasteiger partial charge in [-0.05, 0) is 30.6 Å². The SMILES string of the molecule is CC(C)[C@H]1CC[C@H](C)C[C@@H]1OC(=O)C(=O)C(C)(C)C. The first-order chi connectivity index (χ1) is 8.62. The molecule has 0 saturated heterocycles. The number of hydrogen-bond donors (Lipinski definition) is 0. The number of esters is 1. The molecule has 0 heterocycles. The van der Waals surface area contributed by atoms with E-state index in [0.29, 0.717) is 17.8 Å². The summed E-state index contributed by atoms with van der Waals surface area (Å²) in [6, 6.07) is 0. The van der Waals surface area contributed by atoms with Crippen molar-refractivity contribution in [2.24, 2.45) is 23.2 Å². The van der Waals surface area contributed by atoms with Gasteiger partial charge in [0.05, 0.1) is 0 Å². The van der Waals surface area contributed by atoms with Gasteiger partial charge >= 0.3 is 5.97 Å². The maximum atomic E-state index is 12.0. The molecular weight excluding hydrogens is 240 g/mol. The normalized spacial score (nSPS) is 28.3. The zero-order valence-corrected chi connectivity index (χ0v) is 13.2. The van der Waals surface area contributed by atoms with Gasteiger partial charge in [0.2, 0.25) is 5.78 Å². The van der Waals surface area contributed by atoms with Crippen LogP contribution in [0.2, 0.25) is 0 Å². The van der Waals surface area contributed by atoms with Crippen molar-refractivity contribution in [2.45, 2.75) is 66.9 Å². The molecule has 0 unspecified atom stereocenters. The van der Waals surface area contributed by atoms with Crippen LogP contribution >= 0.6 is 0 Å². The number of ether oxygens (including phenoxy) is 1. The summed E-state index contributed by atoms with van der Waals surface area (Å²) in [4.78, 5) is 23.9. The minimum atomic E-state index is -0.662. The van der Waals surface area contributed by atoms with Crippen molar-refractivity contribution in [1.82, 2.24) is 0 Å². The van der Waals surface area contributed by atoms with Crippen molar-refractivity contribution in [1.29, 1.82) is 0 Å². The highest BCUT2D eigenvalue weighted by atomic mass is 16.5. The first kappa shape index (κ1) is 16.2. The van der Waals surface area contributed by atoms with E-state index in [-0.39, 0.29) is 6.10 Å². The second kappa shape index (κ2) is 6.06. The Morgan fingerprint density at radius 3 is 2.21 bits per heavy atom. The number of carbonyl (C=O) groups excluding carboxylic acids is 2. The van der Waals surface area contributed by atoms with E-state index in [9.17, 15) is 9.59 Å². The summed E-state index contributed by atoms with van der Waals surface area (Å²) < 4.78 is 5.54.